The summed E-state index contributed by atoms with van der Waals surface area (Å²) in [5.41, 5.74) is 1.58. The minimum Gasteiger partial charge on any atom is -0.496 e. The van der Waals surface area contributed by atoms with Crippen LogP contribution in [0, 0.1) is 0 Å². The van der Waals surface area contributed by atoms with Gasteiger partial charge in [0.2, 0.25) is 5.91 Å². The first kappa shape index (κ1) is 24.8. The highest BCUT2D eigenvalue weighted by Crippen LogP contribution is 2.35. The fourth-order valence-electron chi connectivity index (χ4n) is 4.76. The highest BCUT2D eigenvalue weighted by atomic mass is 16.5. The standard InChI is InChI=1S/C28H38N2O3/c1-3-4-5-6-10-17-26(31)30-20-18-28(19-21-30,23-13-8-7-9-14-23)22-29-27(32)24-15-11-12-16-25(24)33-2/h7-9,11-16H,3-6,10,17-22H2,1-2H3,(H,29,32). The Kier molecular flexibility index (Phi) is 9.35. The van der Waals surface area contributed by atoms with Crippen molar-refractivity contribution in [2.45, 2.75) is 63.7 Å². The van der Waals surface area contributed by atoms with Crippen molar-refractivity contribution in [3.05, 3.63) is 65.7 Å². The summed E-state index contributed by atoms with van der Waals surface area (Å²) in [6, 6.07) is 17.7. The molecule has 5 heteroatoms. The predicted molar refractivity (Wildman–Crippen MR) is 133 cm³/mol. The number of unbranched alkanes of at least 4 members (excludes halogenated alkanes) is 4. The number of carbonyl (C=O) groups is 2. The number of methoxy groups -OCH3 is 1. The van der Waals surface area contributed by atoms with E-state index in [2.05, 4.69) is 24.4 Å². The molecule has 1 N–H and O–H groups in total. The molecule has 0 unspecified atom stereocenters. The van der Waals surface area contributed by atoms with Crippen LogP contribution in [-0.2, 0) is 10.2 Å². The second-order valence-electron chi connectivity index (χ2n) is 9.07. The second-order valence-corrected chi connectivity index (χ2v) is 9.07. The van der Waals surface area contributed by atoms with Crippen LogP contribution < -0.4 is 10.1 Å². The summed E-state index contributed by atoms with van der Waals surface area (Å²) in [5.74, 6) is 0.711. The van der Waals surface area contributed by atoms with Crippen molar-refractivity contribution in [2.75, 3.05) is 26.7 Å². The molecule has 0 aromatic heterocycles. The summed E-state index contributed by atoms with van der Waals surface area (Å²) in [6.45, 7) is 4.20. The predicted octanol–water partition coefficient (Wildman–Crippen LogP) is 5.35. The summed E-state index contributed by atoms with van der Waals surface area (Å²) in [4.78, 5) is 27.7. The maximum absolute atomic E-state index is 13.0. The van der Waals surface area contributed by atoms with Crippen molar-refractivity contribution in [3.8, 4) is 5.75 Å². The number of ether oxygens (including phenoxy) is 1. The molecule has 0 radical (unpaired) electrons. The molecule has 33 heavy (non-hydrogen) atoms. The lowest BCUT2D eigenvalue weighted by Gasteiger charge is -2.42. The van der Waals surface area contributed by atoms with Gasteiger partial charge in [-0.25, -0.2) is 0 Å². The third-order valence-electron chi connectivity index (χ3n) is 6.89. The molecular weight excluding hydrogens is 412 g/mol. The third-order valence-corrected chi connectivity index (χ3v) is 6.89. The highest BCUT2D eigenvalue weighted by molar-refractivity contribution is 5.97. The van der Waals surface area contributed by atoms with Crippen LogP contribution in [0.1, 0.15) is 74.2 Å². The van der Waals surface area contributed by atoms with Crippen LogP contribution in [0.25, 0.3) is 0 Å². The quantitative estimate of drug-likeness (QED) is 0.470. The lowest BCUT2D eigenvalue weighted by molar-refractivity contribution is -0.133. The number of carbonyl (C=O) groups excluding carboxylic acids is 2. The molecule has 1 heterocycles. The SMILES string of the molecule is CCCCCCCC(=O)N1CCC(CNC(=O)c2ccccc2OC)(c2ccccc2)CC1. The normalized spacial score (nSPS) is 15.2. The van der Waals surface area contributed by atoms with E-state index in [9.17, 15) is 9.59 Å². The second kappa shape index (κ2) is 12.4. The topological polar surface area (TPSA) is 58.6 Å². The van der Waals surface area contributed by atoms with Crippen LogP contribution in [0.4, 0.5) is 0 Å². The minimum absolute atomic E-state index is 0.131. The molecule has 1 aliphatic rings. The number of para-hydroxylation sites is 1. The van der Waals surface area contributed by atoms with Gasteiger partial charge in [0, 0.05) is 31.5 Å². The van der Waals surface area contributed by atoms with E-state index in [1.807, 2.05) is 35.2 Å². The number of likely N-dealkylation sites (tertiary alicyclic amines) is 1. The van der Waals surface area contributed by atoms with Gasteiger partial charge in [-0.3, -0.25) is 9.59 Å². The molecule has 0 aliphatic carbocycles. The smallest absolute Gasteiger partial charge is 0.255 e. The van der Waals surface area contributed by atoms with Gasteiger partial charge in [0.25, 0.3) is 5.91 Å². The summed E-state index contributed by atoms with van der Waals surface area (Å²) in [7, 11) is 1.58. The van der Waals surface area contributed by atoms with Crippen LogP contribution in [0.15, 0.2) is 54.6 Å². The minimum atomic E-state index is -0.184. The number of piperidine rings is 1. The Morgan fingerprint density at radius 3 is 2.30 bits per heavy atom. The molecule has 0 spiro atoms. The Balaban J connectivity index is 1.63. The van der Waals surface area contributed by atoms with Crippen LogP contribution in [0.3, 0.4) is 0 Å². The van der Waals surface area contributed by atoms with E-state index in [-0.39, 0.29) is 17.2 Å². The Morgan fingerprint density at radius 2 is 1.61 bits per heavy atom. The number of hydrogen-bond acceptors (Lipinski definition) is 3. The molecule has 1 fully saturated rings. The number of benzene rings is 2. The molecule has 2 amide bonds. The Labute approximate surface area is 198 Å². The number of rotatable bonds is 11. The average Bonchev–Trinajstić information content (AvgIpc) is 2.87. The molecule has 0 atom stereocenters. The summed E-state index contributed by atoms with van der Waals surface area (Å²) in [5, 5.41) is 3.16. The fraction of sp³-hybridized carbons (Fsp3) is 0.500. The molecule has 5 nitrogen and oxygen atoms in total. The molecule has 3 rings (SSSR count). The first-order chi connectivity index (χ1) is 16.1. The van der Waals surface area contributed by atoms with Crippen molar-refractivity contribution in [1.29, 1.82) is 0 Å². The van der Waals surface area contributed by atoms with Gasteiger partial charge in [0.15, 0.2) is 0 Å². The lowest BCUT2D eigenvalue weighted by atomic mass is 9.72. The van der Waals surface area contributed by atoms with Crippen molar-refractivity contribution >= 4 is 11.8 Å². The van der Waals surface area contributed by atoms with E-state index in [0.717, 1.165) is 38.8 Å². The van der Waals surface area contributed by atoms with Gasteiger partial charge in [-0.15, -0.1) is 0 Å². The molecule has 0 bridgehead atoms. The van der Waals surface area contributed by atoms with E-state index in [0.29, 0.717) is 24.3 Å². The van der Waals surface area contributed by atoms with E-state index >= 15 is 0 Å². The zero-order chi connectivity index (χ0) is 23.5. The van der Waals surface area contributed by atoms with Gasteiger partial charge in [-0.05, 0) is 37.0 Å². The molecule has 1 saturated heterocycles. The summed E-state index contributed by atoms with van der Waals surface area (Å²) < 4.78 is 5.36. The molecular formula is C28H38N2O3. The number of hydrogen-bond donors (Lipinski definition) is 1. The Bertz CT molecular complexity index is 889. The van der Waals surface area contributed by atoms with E-state index < -0.39 is 0 Å². The first-order valence-electron chi connectivity index (χ1n) is 12.3. The average molecular weight is 451 g/mol. The highest BCUT2D eigenvalue weighted by Gasteiger charge is 2.37. The van der Waals surface area contributed by atoms with Gasteiger partial charge in [0.1, 0.15) is 5.75 Å². The van der Waals surface area contributed by atoms with Gasteiger partial charge >= 0.3 is 0 Å². The monoisotopic (exact) mass is 450 g/mol. The third kappa shape index (κ3) is 6.59. The van der Waals surface area contributed by atoms with Gasteiger partial charge in [-0.1, -0.05) is 75.1 Å². The van der Waals surface area contributed by atoms with Gasteiger partial charge in [0.05, 0.1) is 12.7 Å². The molecule has 1 aliphatic heterocycles. The van der Waals surface area contributed by atoms with Crippen molar-refractivity contribution in [3.63, 3.8) is 0 Å². The number of nitrogens with zero attached hydrogens (tertiary/aromatic N) is 1. The van der Waals surface area contributed by atoms with Crippen molar-refractivity contribution in [1.82, 2.24) is 10.2 Å². The largest absolute Gasteiger partial charge is 0.496 e. The van der Waals surface area contributed by atoms with Gasteiger partial charge in [-0.2, -0.15) is 0 Å². The van der Waals surface area contributed by atoms with Crippen LogP contribution >= 0.6 is 0 Å². The van der Waals surface area contributed by atoms with Crippen LogP contribution in [0.5, 0.6) is 5.75 Å². The van der Waals surface area contributed by atoms with E-state index in [1.165, 1.54) is 24.8 Å². The number of nitrogens with one attached hydrogen (secondary N) is 1. The maximum Gasteiger partial charge on any atom is 0.255 e. The molecule has 178 valence electrons. The summed E-state index contributed by atoms with van der Waals surface area (Å²) in [6.07, 6.45) is 8.12. The summed E-state index contributed by atoms with van der Waals surface area (Å²) >= 11 is 0. The Morgan fingerprint density at radius 1 is 0.939 bits per heavy atom. The van der Waals surface area contributed by atoms with Crippen LogP contribution in [0.2, 0.25) is 0 Å². The van der Waals surface area contributed by atoms with Crippen LogP contribution in [-0.4, -0.2) is 43.5 Å². The molecule has 2 aromatic carbocycles. The molecule has 2 aromatic rings. The first-order valence-corrected chi connectivity index (χ1v) is 12.3. The Hall–Kier alpha value is -2.82. The molecule has 0 saturated carbocycles. The van der Waals surface area contributed by atoms with E-state index in [4.69, 9.17) is 4.74 Å². The van der Waals surface area contributed by atoms with Crippen molar-refractivity contribution < 1.29 is 14.3 Å². The zero-order valence-electron chi connectivity index (χ0n) is 20.1. The number of amides is 2. The zero-order valence-corrected chi connectivity index (χ0v) is 20.1. The fourth-order valence-corrected chi connectivity index (χ4v) is 4.76. The lowest BCUT2D eigenvalue weighted by Crippen LogP contribution is -2.50. The maximum atomic E-state index is 13.0. The van der Waals surface area contributed by atoms with Gasteiger partial charge < -0.3 is 15.0 Å². The van der Waals surface area contributed by atoms with Crippen molar-refractivity contribution in [2.24, 2.45) is 0 Å². The van der Waals surface area contributed by atoms with E-state index in [1.54, 1.807) is 19.2 Å².